The molecule has 1 aromatic rings. The monoisotopic (exact) mass is 233 g/mol. The molecule has 1 unspecified atom stereocenters. The standard InChI is InChI=1S/C12H17N4O/c1-4-5-11-10(2)14-9-16(11,3)12(17)15-7-6-13-8-15/h6-9H,4-5H2,1-3H3/q+1. The van der Waals surface area contributed by atoms with Crippen molar-refractivity contribution in [2.75, 3.05) is 7.05 Å². The molecule has 90 valence electrons. The fourth-order valence-corrected chi connectivity index (χ4v) is 2.11. The van der Waals surface area contributed by atoms with Gasteiger partial charge in [-0.25, -0.2) is 19.3 Å². The Morgan fingerprint density at radius 1 is 1.53 bits per heavy atom. The van der Waals surface area contributed by atoms with Crippen LogP contribution in [0.1, 0.15) is 26.7 Å². The molecule has 0 aliphatic carbocycles. The molecule has 0 saturated carbocycles. The average molecular weight is 233 g/mol. The molecule has 2 heterocycles. The lowest BCUT2D eigenvalue weighted by Crippen LogP contribution is -2.47. The number of imidazole rings is 1. The highest BCUT2D eigenvalue weighted by Gasteiger charge is 2.41. The minimum Gasteiger partial charge on any atom is -0.245 e. The van der Waals surface area contributed by atoms with E-state index in [9.17, 15) is 4.79 Å². The summed E-state index contributed by atoms with van der Waals surface area (Å²) in [6.07, 6.45) is 8.37. The summed E-state index contributed by atoms with van der Waals surface area (Å²) in [5.41, 5.74) is 2.01. The van der Waals surface area contributed by atoms with Crippen molar-refractivity contribution in [1.82, 2.24) is 9.55 Å². The Morgan fingerprint density at radius 2 is 2.29 bits per heavy atom. The van der Waals surface area contributed by atoms with Gasteiger partial charge in [-0.3, -0.25) is 0 Å². The van der Waals surface area contributed by atoms with Gasteiger partial charge in [-0.2, -0.15) is 4.48 Å². The van der Waals surface area contributed by atoms with Gasteiger partial charge in [-0.05, 0) is 13.3 Å². The molecule has 1 atom stereocenters. The number of rotatable bonds is 2. The Morgan fingerprint density at radius 3 is 2.88 bits per heavy atom. The number of amides is 1. The van der Waals surface area contributed by atoms with Gasteiger partial charge in [0.2, 0.25) is 6.34 Å². The molecule has 0 spiro atoms. The predicted octanol–water partition coefficient (Wildman–Crippen LogP) is 2.37. The third-order valence-corrected chi connectivity index (χ3v) is 3.07. The number of hydrogen-bond acceptors (Lipinski definition) is 3. The Hall–Kier alpha value is -1.75. The lowest BCUT2D eigenvalue weighted by Gasteiger charge is -2.24. The van der Waals surface area contributed by atoms with Crippen molar-refractivity contribution in [3.8, 4) is 0 Å². The van der Waals surface area contributed by atoms with Crippen molar-refractivity contribution >= 4 is 12.4 Å². The van der Waals surface area contributed by atoms with E-state index >= 15 is 0 Å². The van der Waals surface area contributed by atoms with E-state index in [0.717, 1.165) is 24.2 Å². The third kappa shape index (κ3) is 1.82. The number of carbonyl (C=O) groups is 1. The lowest BCUT2D eigenvalue weighted by molar-refractivity contribution is -0.684. The molecule has 0 N–H and O–H groups in total. The molecule has 1 aliphatic heterocycles. The van der Waals surface area contributed by atoms with E-state index < -0.39 is 0 Å². The van der Waals surface area contributed by atoms with Crippen molar-refractivity contribution < 1.29 is 9.28 Å². The first-order valence-electron chi connectivity index (χ1n) is 5.74. The predicted molar refractivity (Wildman–Crippen MR) is 65.3 cm³/mol. The lowest BCUT2D eigenvalue weighted by atomic mass is 10.2. The van der Waals surface area contributed by atoms with Gasteiger partial charge in [0.05, 0.1) is 7.05 Å². The number of aliphatic imine (C=N–C) groups is 1. The molecule has 0 radical (unpaired) electrons. The van der Waals surface area contributed by atoms with Crippen LogP contribution in [0.2, 0.25) is 0 Å². The minimum atomic E-state index is -0.0495. The maximum atomic E-state index is 12.4. The zero-order valence-corrected chi connectivity index (χ0v) is 10.4. The smallest absolute Gasteiger partial charge is 0.245 e. The molecule has 0 bridgehead atoms. The number of quaternary nitrogens is 1. The summed E-state index contributed by atoms with van der Waals surface area (Å²) >= 11 is 0. The first kappa shape index (κ1) is 11.7. The molecule has 5 nitrogen and oxygen atoms in total. The van der Waals surface area contributed by atoms with Crippen molar-refractivity contribution in [3.05, 3.63) is 30.1 Å². The number of hydrogen-bond donors (Lipinski definition) is 0. The van der Waals surface area contributed by atoms with Crippen LogP contribution in [0.3, 0.4) is 0 Å². The maximum absolute atomic E-state index is 12.4. The summed E-state index contributed by atoms with van der Waals surface area (Å²) in [7, 11) is 1.87. The van der Waals surface area contributed by atoms with E-state index in [1.54, 1.807) is 18.7 Å². The summed E-state index contributed by atoms with van der Waals surface area (Å²) in [5, 5.41) is 0. The van der Waals surface area contributed by atoms with Crippen LogP contribution < -0.4 is 0 Å². The van der Waals surface area contributed by atoms with Crippen LogP contribution in [0.4, 0.5) is 4.79 Å². The van der Waals surface area contributed by atoms with Gasteiger partial charge in [-0.1, -0.05) is 6.92 Å². The molecule has 0 fully saturated rings. The van der Waals surface area contributed by atoms with Crippen LogP contribution in [0.25, 0.3) is 0 Å². The van der Waals surface area contributed by atoms with E-state index in [4.69, 9.17) is 0 Å². The van der Waals surface area contributed by atoms with E-state index in [1.807, 2.05) is 14.0 Å². The molecule has 5 heteroatoms. The molecule has 2 rings (SSSR count). The normalized spacial score (nSPS) is 23.5. The Kier molecular flexibility index (Phi) is 2.93. The number of carbonyl (C=O) groups excluding carboxylic acids is 1. The minimum absolute atomic E-state index is 0.0495. The second kappa shape index (κ2) is 4.25. The molecule has 0 saturated heterocycles. The number of aromatic nitrogens is 2. The van der Waals surface area contributed by atoms with Gasteiger partial charge in [0, 0.05) is 18.8 Å². The van der Waals surface area contributed by atoms with Crippen LogP contribution in [0, 0.1) is 0 Å². The summed E-state index contributed by atoms with van der Waals surface area (Å²) in [5.74, 6) is 0. The van der Waals surface area contributed by atoms with Gasteiger partial charge < -0.3 is 0 Å². The van der Waals surface area contributed by atoms with Crippen LogP contribution >= 0.6 is 0 Å². The van der Waals surface area contributed by atoms with E-state index in [2.05, 4.69) is 16.9 Å². The first-order chi connectivity index (χ1) is 8.09. The Labute approximate surface area is 101 Å². The van der Waals surface area contributed by atoms with Crippen molar-refractivity contribution in [3.63, 3.8) is 0 Å². The summed E-state index contributed by atoms with van der Waals surface area (Å²) in [6, 6.07) is -0.0495. The largest absolute Gasteiger partial charge is 0.439 e. The molecule has 17 heavy (non-hydrogen) atoms. The van der Waals surface area contributed by atoms with Crippen LogP contribution in [-0.2, 0) is 0 Å². The van der Waals surface area contributed by atoms with Crippen LogP contribution in [0.5, 0.6) is 0 Å². The first-order valence-corrected chi connectivity index (χ1v) is 5.74. The van der Waals surface area contributed by atoms with E-state index in [-0.39, 0.29) is 10.5 Å². The maximum Gasteiger partial charge on any atom is 0.439 e. The Balaban J connectivity index is 2.37. The van der Waals surface area contributed by atoms with Crippen molar-refractivity contribution in [2.45, 2.75) is 26.7 Å². The zero-order chi connectivity index (χ0) is 12.5. The zero-order valence-electron chi connectivity index (χ0n) is 10.4. The Bertz CT molecular complexity index is 487. The SMILES string of the molecule is CCCC1=C(C)N=C[N+]1(C)C(=O)n1ccnc1. The highest BCUT2D eigenvalue weighted by atomic mass is 16.2. The number of allylic oxidation sites excluding steroid dienone is 2. The van der Waals surface area contributed by atoms with Gasteiger partial charge >= 0.3 is 6.03 Å². The van der Waals surface area contributed by atoms with Crippen molar-refractivity contribution in [2.24, 2.45) is 4.99 Å². The van der Waals surface area contributed by atoms with Crippen molar-refractivity contribution in [1.29, 1.82) is 0 Å². The molecule has 1 aliphatic rings. The summed E-state index contributed by atoms with van der Waals surface area (Å²) in [4.78, 5) is 20.6. The molecule has 1 amide bonds. The second-order valence-electron chi connectivity index (χ2n) is 4.35. The molecule has 1 aromatic heterocycles. The topological polar surface area (TPSA) is 47.2 Å². The quantitative estimate of drug-likeness (QED) is 0.736. The fraction of sp³-hybridized carbons (Fsp3) is 0.417. The van der Waals surface area contributed by atoms with Gasteiger partial charge in [0.15, 0.2) is 0 Å². The third-order valence-electron chi connectivity index (χ3n) is 3.07. The van der Waals surface area contributed by atoms with Gasteiger partial charge in [0.25, 0.3) is 0 Å². The highest BCUT2D eigenvalue weighted by Crippen LogP contribution is 2.28. The van der Waals surface area contributed by atoms with E-state index in [1.165, 1.54) is 10.9 Å². The van der Waals surface area contributed by atoms with Gasteiger partial charge in [0.1, 0.15) is 17.7 Å². The van der Waals surface area contributed by atoms with E-state index in [0.29, 0.717) is 0 Å². The number of nitrogens with zero attached hydrogens (tertiary/aromatic N) is 4. The molecular weight excluding hydrogens is 216 g/mol. The van der Waals surface area contributed by atoms with Crippen LogP contribution in [-0.4, -0.2) is 33.5 Å². The highest BCUT2D eigenvalue weighted by molar-refractivity contribution is 5.80. The van der Waals surface area contributed by atoms with Crippen LogP contribution in [0.15, 0.2) is 35.1 Å². The van der Waals surface area contributed by atoms with Gasteiger partial charge in [-0.15, -0.1) is 0 Å². The summed E-state index contributed by atoms with van der Waals surface area (Å²) in [6.45, 7) is 4.05. The average Bonchev–Trinajstić information content (AvgIpc) is 2.92. The summed E-state index contributed by atoms with van der Waals surface area (Å²) < 4.78 is 1.62. The fourth-order valence-electron chi connectivity index (χ4n) is 2.11. The second-order valence-corrected chi connectivity index (χ2v) is 4.35. The molecular formula is C12H17N4O+. The molecule has 0 aromatic carbocycles.